The first-order valence-corrected chi connectivity index (χ1v) is 4.86. The number of carboxylic acids is 1. The highest BCUT2D eigenvalue weighted by molar-refractivity contribution is 6.30. The predicted octanol–water partition coefficient (Wildman–Crippen LogP) is 2.70. The fraction of sp³-hybridized carbons (Fsp3) is 0.400. The minimum absolute atomic E-state index is 0.477. The highest BCUT2D eigenvalue weighted by atomic mass is 35.5. The summed E-state index contributed by atoms with van der Waals surface area (Å²) in [6, 6.07) is 1.66. The van der Waals surface area contributed by atoms with Crippen molar-refractivity contribution >= 4 is 17.6 Å². The second kappa shape index (κ2) is 4.96. The first kappa shape index (κ1) is 11.0. The normalized spacial score (nSPS) is 12.4. The van der Waals surface area contributed by atoms with Gasteiger partial charge in [0.25, 0.3) is 0 Å². The van der Waals surface area contributed by atoms with Crippen molar-refractivity contribution in [3.05, 3.63) is 29.0 Å². The lowest BCUT2D eigenvalue weighted by atomic mass is 9.96. The van der Waals surface area contributed by atoms with Gasteiger partial charge in [0.2, 0.25) is 0 Å². The molecule has 1 unspecified atom stereocenters. The molecule has 0 aromatic carbocycles. The molecular formula is C10H12ClNO2. The molecule has 0 radical (unpaired) electrons. The summed E-state index contributed by atoms with van der Waals surface area (Å²) >= 11 is 5.74. The Balaban J connectivity index is 2.93. The lowest BCUT2D eigenvalue weighted by Gasteiger charge is -2.10. The van der Waals surface area contributed by atoms with E-state index in [1.807, 2.05) is 6.92 Å². The van der Waals surface area contributed by atoms with Crippen LogP contribution in [-0.4, -0.2) is 16.1 Å². The molecule has 0 aliphatic rings. The standard InChI is InChI=1S/C10H12ClNO2/c1-2-3-9(10(13)14)7-4-8(11)6-12-5-7/h4-6,9H,2-3H2,1H3,(H,13,14). The molecule has 1 heterocycles. The van der Waals surface area contributed by atoms with Crippen molar-refractivity contribution in [1.82, 2.24) is 4.98 Å². The van der Waals surface area contributed by atoms with Gasteiger partial charge in [-0.1, -0.05) is 24.9 Å². The Hall–Kier alpha value is -1.09. The van der Waals surface area contributed by atoms with E-state index in [-0.39, 0.29) is 0 Å². The predicted molar refractivity (Wildman–Crippen MR) is 54.5 cm³/mol. The van der Waals surface area contributed by atoms with Gasteiger partial charge >= 0.3 is 5.97 Å². The number of rotatable bonds is 4. The van der Waals surface area contributed by atoms with Crippen LogP contribution in [0.5, 0.6) is 0 Å². The Kier molecular flexibility index (Phi) is 3.89. The molecular weight excluding hydrogens is 202 g/mol. The van der Waals surface area contributed by atoms with Crippen LogP contribution in [0.2, 0.25) is 5.02 Å². The van der Waals surface area contributed by atoms with E-state index >= 15 is 0 Å². The topological polar surface area (TPSA) is 50.2 Å². The summed E-state index contributed by atoms with van der Waals surface area (Å²) in [5.41, 5.74) is 0.673. The van der Waals surface area contributed by atoms with Crippen LogP contribution in [0.15, 0.2) is 18.5 Å². The first-order valence-electron chi connectivity index (χ1n) is 4.48. The fourth-order valence-corrected chi connectivity index (χ4v) is 1.52. The van der Waals surface area contributed by atoms with Gasteiger partial charge in [0.15, 0.2) is 0 Å². The van der Waals surface area contributed by atoms with Crippen molar-refractivity contribution in [2.75, 3.05) is 0 Å². The molecule has 0 aliphatic carbocycles. The molecule has 1 aromatic rings. The maximum absolute atomic E-state index is 10.9. The number of aromatic nitrogens is 1. The van der Waals surface area contributed by atoms with Crippen molar-refractivity contribution in [3.63, 3.8) is 0 Å². The third-order valence-electron chi connectivity index (χ3n) is 2.00. The number of nitrogens with zero attached hydrogens (tertiary/aromatic N) is 1. The van der Waals surface area contributed by atoms with Crippen molar-refractivity contribution < 1.29 is 9.90 Å². The number of halogens is 1. The Labute approximate surface area is 87.7 Å². The summed E-state index contributed by atoms with van der Waals surface area (Å²) in [6.07, 6.45) is 4.48. The minimum Gasteiger partial charge on any atom is -0.481 e. The largest absolute Gasteiger partial charge is 0.481 e. The molecule has 1 aromatic heterocycles. The molecule has 0 aliphatic heterocycles. The summed E-state index contributed by atoms with van der Waals surface area (Å²) in [7, 11) is 0. The summed E-state index contributed by atoms with van der Waals surface area (Å²) in [5, 5.41) is 9.45. The summed E-state index contributed by atoms with van der Waals surface area (Å²) in [4.78, 5) is 14.8. The molecule has 3 nitrogen and oxygen atoms in total. The zero-order chi connectivity index (χ0) is 10.6. The average Bonchev–Trinajstić information content (AvgIpc) is 2.13. The molecule has 0 bridgehead atoms. The van der Waals surface area contributed by atoms with Crippen LogP contribution in [0.1, 0.15) is 31.2 Å². The Bertz CT molecular complexity index is 328. The maximum Gasteiger partial charge on any atom is 0.311 e. The van der Waals surface area contributed by atoms with Crippen LogP contribution in [0.4, 0.5) is 0 Å². The lowest BCUT2D eigenvalue weighted by molar-refractivity contribution is -0.139. The SMILES string of the molecule is CCCC(C(=O)O)c1cncc(Cl)c1. The van der Waals surface area contributed by atoms with Crippen molar-refractivity contribution in [2.45, 2.75) is 25.7 Å². The van der Waals surface area contributed by atoms with E-state index in [1.165, 1.54) is 6.20 Å². The van der Waals surface area contributed by atoms with Crippen LogP contribution < -0.4 is 0 Å². The molecule has 1 atom stereocenters. The van der Waals surface area contributed by atoms with Crippen LogP contribution in [0, 0.1) is 0 Å². The molecule has 0 fully saturated rings. The molecule has 76 valence electrons. The first-order chi connectivity index (χ1) is 6.65. The Morgan fingerprint density at radius 3 is 2.86 bits per heavy atom. The van der Waals surface area contributed by atoms with Gasteiger partial charge in [-0.3, -0.25) is 9.78 Å². The zero-order valence-corrected chi connectivity index (χ0v) is 8.66. The number of aliphatic carboxylic acids is 1. The maximum atomic E-state index is 10.9. The molecule has 0 saturated carbocycles. The summed E-state index contributed by atoms with van der Waals surface area (Å²) in [5.74, 6) is -1.32. The molecule has 0 amide bonds. The van der Waals surface area contributed by atoms with Gasteiger partial charge in [-0.25, -0.2) is 0 Å². The van der Waals surface area contributed by atoms with Crippen LogP contribution in [0.3, 0.4) is 0 Å². The van der Waals surface area contributed by atoms with E-state index in [2.05, 4.69) is 4.98 Å². The van der Waals surface area contributed by atoms with E-state index in [0.717, 1.165) is 6.42 Å². The average molecular weight is 214 g/mol. The minimum atomic E-state index is -0.823. The lowest BCUT2D eigenvalue weighted by Crippen LogP contribution is -2.11. The van der Waals surface area contributed by atoms with Gasteiger partial charge < -0.3 is 5.11 Å². The van der Waals surface area contributed by atoms with Crippen molar-refractivity contribution in [1.29, 1.82) is 0 Å². The number of carboxylic acid groups (broad SMARTS) is 1. The number of hydrogen-bond acceptors (Lipinski definition) is 2. The highest BCUT2D eigenvalue weighted by Crippen LogP contribution is 2.22. The molecule has 0 spiro atoms. The zero-order valence-electron chi connectivity index (χ0n) is 7.90. The van der Waals surface area contributed by atoms with Crippen LogP contribution in [0.25, 0.3) is 0 Å². The fourth-order valence-electron chi connectivity index (χ4n) is 1.34. The third kappa shape index (κ3) is 2.70. The number of carbonyl (C=O) groups is 1. The van der Waals surface area contributed by atoms with E-state index < -0.39 is 11.9 Å². The Morgan fingerprint density at radius 2 is 2.36 bits per heavy atom. The van der Waals surface area contributed by atoms with Gasteiger partial charge in [0.1, 0.15) is 0 Å². The van der Waals surface area contributed by atoms with E-state index in [4.69, 9.17) is 16.7 Å². The third-order valence-corrected chi connectivity index (χ3v) is 2.21. The van der Waals surface area contributed by atoms with Gasteiger partial charge in [-0.15, -0.1) is 0 Å². The second-order valence-electron chi connectivity index (χ2n) is 3.12. The molecule has 4 heteroatoms. The quantitative estimate of drug-likeness (QED) is 0.837. The monoisotopic (exact) mass is 213 g/mol. The molecule has 0 saturated heterocycles. The van der Waals surface area contributed by atoms with E-state index in [0.29, 0.717) is 17.0 Å². The van der Waals surface area contributed by atoms with E-state index in [9.17, 15) is 4.79 Å². The molecule has 1 rings (SSSR count). The number of hydrogen-bond donors (Lipinski definition) is 1. The van der Waals surface area contributed by atoms with Crippen molar-refractivity contribution in [3.8, 4) is 0 Å². The second-order valence-corrected chi connectivity index (χ2v) is 3.55. The Morgan fingerprint density at radius 1 is 1.64 bits per heavy atom. The smallest absolute Gasteiger partial charge is 0.311 e. The van der Waals surface area contributed by atoms with Crippen LogP contribution in [-0.2, 0) is 4.79 Å². The van der Waals surface area contributed by atoms with Gasteiger partial charge in [0, 0.05) is 12.4 Å². The number of pyridine rings is 1. The van der Waals surface area contributed by atoms with Gasteiger partial charge in [0.05, 0.1) is 10.9 Å². The van der Waals surface area contributed by atoms with Gasteiger partial charge in [-0.05, 0) is 18.1 Å². The van der Waals surface area contributed by atoms with Crippen LogP contribution >= 0.6 is 11.6 Å². The highest BCUT2D eigenvalue weighted by Gasteiger charge is 2.18. The van der Waals surface area contributed by atoms with E-state index in [1.54, 1.807) is 12.3 Å². The molecule has 1 N–H and O–H groups in total. The van der Waals surface area contributed by atoms with Gasteiger partial charge in [-0.2, -0.15) is 0 Å². The summed E-state index contributed by atoms with van der Waals surface area (Å²) in [6.45, 7) is 1.95. The van der Waals surface area contributed by atoms with Crippen molar-refractivity contribution in [2.24, 2.45) is 0 Å². The summed E-state index contributed by atoms with van der Waals surface area (Å²) < 4.78 is 0. The molecule has 14 heavy (non-hydrogen) atoms.